The highest BCUT2D eigenvalue weighted by Gasteiger charge is 2.28. The van der Waals surface area contributed by atoms with Crippen LogP contribution in [0.5, 0.6) is 0 Å². The molecule has 0 atom stereocenters. The Kier molecular flexibility index (Phi) is 5.78. The Morgan fingerprint density at radius 1 is 1.13 bits per heavy atom. The number of benzene rings is 1. The molecule has 23 heavy (non-hydrogen) atoms. The van der Waals surface area contributed by atoms with Gasteiger partial charge in [0.25, 0.3) is 5.91 Å². The molecule has 1 amide bonds. The number of carbonyl (C=O) groups excluding carboxylic acids is 1. The topological polar surface area (TPSA) is 60.9 Å². The van der Waals surface area contributed by atoms with Crippen LogP contribution >= 0.6 is 0 Å². The molecule has 0 radical (unpaired) electrons. The van der Waals surface area contributed by atoms with Crippen LogP contribution in [0.4, 0.5) is 0 Å². The molecule has 0 aliphatic carbocycles. The minimum Gasteiger partial charge on any atom is -0.339 e. The zero-order valence-electron chi connectivity index (χ0n) is 14.0. The Bertz CT molecular complexity index is 648. The van der Waals surface area contributed by atoms with Gasteiger partial charge in [0, 0.05) is 44.8 Å². The molecule has 0 saturated carbocycles. The Balaban J connectivity index is 2.26. The number of likely N-dealkylation sites (N-methyl/N-ethyl adjacent to an activating group) is 1. The summed E-state index contributed by atoms with van der Waals surface area (Å²) in [7, 11) is -1.57. The summed E-state index contributed by atoms with van der Waals surface area (Å²) >= 11 is 0. The average molecular weight is 339 g/mol. The summed E-state index contributed by atoms with van der Waals surface area (Å²) < 4.78 is 27.0. The summed E-state index contributed by atoms with van der Waals surface area (Å²) in [5.74, 6) is -0.134. The van der Waals surface area contributed by atoms with Gasteiger partial charge in [0.05, 0.1) is 4.90 Å². The van der Waals surface area contributed by atoms with Gasteiger partial charge in [0.1, 0.15) is 0 Å². The number of hydrogen-bond acceptors (Lipinski definition) is 4. The van der Waals surface area contributed by atoms with Crippen LogP contribution in [0.15, 0.2) is 29.2 Å². The fraction of sp³-hybridized carbons (Fsp3) is 0.562. The van der Waals surface area contributed by atoms with Crippen molar-refractivity contribution in [3.63, 3.8) is 0 Å². The van der Waals surface area contributed by atoms with Crippen molar-refractivity contribution in [2.45, 2.75) is 18.7 Å². The van der Waals surface area contributed by atoms with Crippen molar-refractivity contribution in [2.75, 3.05) is 46.3 Å². The van der Waals surface area contributed by atoms with E-state index in [0.29, 0.717) is 31.7 Å². The van der Waals surface area contributed by atoms with Gasteiger partial charge in [-0.3, -0.25) is 4.79 Å². The van der Waals surface area contributed by atoms with Crippen molar-refractivity contribution in [2.24, 2.45) is 0 Å². The number of nitrogens with zero attached hydrogens (tertiary/aromatic N) is 3. The van der Waals surface area contributed by atoms with E-state index in [1.165, 1.54) is 10.4 Å². The van der Waals surface area contributed by atoms with E-state index in [9.17, 15) is 13.2 Å². The fourth-order valence-corrected chi connectivity index (χ4v) is 4.13. The molecular formula is C16H25N3O3S. The first-order chi connectivity index (χ1) is 10.9. The first kappa shape index (κ1) is 17.9. The molecule has 1 heterocycles. The van der Waals surface area contributed by atoms with Crippen molar-refractivity contribution < 1.29 is 13.2 Å². The highest BCUT2D eigenvalue weighted by atomic mass is 32.2. The lowest BCUT2D eigenvalue weighted by Gasteiger charge is -2.31. The molecular weight excluding hydrogens is 314 g/mol. The average Bonchev–Trinajstić information content (AvgIpc) is 2.56. The first-order valence-corrected chi connectivity index (χ1v) is 9.42. The number of rotatable bonds is 5. The summed E-state index contributed by atoms with van der Waals surface area (Å²) in [6, 6.07) is 6.37. The molecule has 1 aromatic carbocycles. The second-order valence-electron chi connectivity index (χ2n) is 5.71. The maximum Gasteiger partial charge on any atom is 0.253 e. The molecule has 1 aliphatic heterocycles. The molecule has 7 heteroatoms. The maximum atomic E-state index is 12.8. The number of hydrogen-bond donors (Lipinski definition) is 0. The predicted octanol–water partition coefficient (Wildman–Crippen LogP) is 1.10. The molecule has 0 aromatic heterocycles. The molecule has 0 bridgehead atoms. The van der Waals surface area contributed by atoms with Gasteiger partial charge in [0.15, 0.2) is 0 Å². The van der Waals surface area contributed by atoms with Gasteiger partial charge in [-0.2, -0.15) is 4.31 Å². The van der Waals surface area contributed by atoms with E-state index in [-0.39, 0.29) is 10.8 Å². The zero-order chi connectivity index (χ0) is 17.0. The lowest BCUT2D eigenvalue weighted by Crippen LogP contribution is -2.47. The summed E-state index contributed by atoms with van der Waals surface area (Å²) in [6.07, 6.45) is 0. The van der Waals surface area contributed by atoms with Gasteiger partial charge in [-0.05, 0) is 39.1 Å². The van der Waals surface area contributed by atoms with E-state index in [1.54, 1.807) is 23.1 Å². The highest BCUT2D eigenvalue weighted by Crippen LogP contribution is 2.19. The molecule has 1 aliphatic rings. The van der Waals surface area contributed by atoms with Gasteiger partial charge >= 0.3 is 0 Å². The maximum absolute atomic E-state index is 12.8. The van der Waals surface area contributed by atoms with E-state index in [1.807, 2.05) is 20.9 Å². The molecule has 128 valence electrons. The number of sulfonamides is 1. The third kappa shape index (κ3) is 3.91. The fourth-order valence-electron chi connectivity index (χ4n) is 2.66. The van der Waals surface area contributed by atoms with Crippen LogP contribution in [0.2, 0.25) is 0 Å². The van der Waals surface area contributed by atoms with Crippen LogP contribution in [0.3, 0.4) is 0 Å². The zero-order valence-corrected chi connectivity index (χ0v) is 14.8. The van der Waals surface area contributed by atoms with E-state index in [0.717, 1.165) is 13.1 Å². The first-order valence-electron chi connectivity index (χ1n) is 7.98. The smallest absolute Gasteiger partial charge is 0.253 e. The molecule has 0 unspecified atom stereocenters. The molecule has 1 saturated heterocycles. The van der Waals surface area contributed by atoms with Crippen LogP contribution in [0.1, 0.15) is 24.2 Å². The van der Waals surface area contributed by atoms with Crippen LogP contribution in [0.25, 0.3) is 0 Å². The molecule has 0 N–H and O–H groups in total. The van der Waals surface area contributed by atoms with E-state index >= 15 is 0 Å². The summed E-state index contributed by atoms with van der Waals surface area (Å²) in [5, 5.41) is 0. The molecule has 0 spiro atoms. The van der Waals surface area contributed by atoms with Crippen LogP contribution in [-0.2, 0) is 10.0 Å². The number of amides is 1. The normalized spacial score (nSPS) is 17.2. The quantitative estimate of drug-likeness (QED) is 0.806. The van der Waals surface area contributed by atoms with Gasteiger partial charge in [0.2, 0.25) is 10.0 Å². The van der Waals surface area contributed by atoms with E-state index in [4.69, 9.17) is 0 Å². The Morgan fingerprint density at radius 3 is 2.30 bits per heavy atom. The highest BCUT2D eigenvalue weighted by molar-refractivity contribution is 7.89. The molecule has 1 fully saturated rings. The molecule has 6 nitrogen and oxygen atoms in total. The largest absolute Gasteiger partial charge is 0.339 e. The number of carbonyl (C=O) groups is 1. The third-order valence-corrected chi connectivity index (χ3v) is 6.13. The van der Waals surface area contributed by atoms with Gasteiger partial charge in [-0.1, -0.05) is 6.07 Å². The van der Waals surface area contributed by atoms with Crippen LogP contribution in [0, 0.1) is 0 Å². The summed E-state index contributed by atoms with van der Waals surface area (Å²) in [6.45, 7) is 7.42. The van der Waals surface area contributed by atoms with E-state index in [2.05, 4.69) is 4.90 Å². The van der Waals surface area contributed by atoms with E-state index < -0.39 is 10.0 Å². The molecule has 2 rings (SSSR count). The summed E-state index contributed by atoms with van der Waals surface area (Å²) in [4.78, 5) is 16.4. The Labute approximate surface area is 138 Å². The van der Waals surface area contributed by atoms with Crippen molar-refractivity contribution in [3.8, 4) is 0 Å². The second kappa shape index (κ2) is 7.42. The minimum absolute atomic E-state index is 0.134. The van der Waals surface area contributed by atoms with Gasteiger partial charge < -0.3 is 9.80 Å². The van der Waals surface area contributed by atoms with Gasteiger partial charge in [-0.15, -0.1) is 0 Å². The summed E-state index contributed by atoms with van der Waals surface area (Å²) in [5.41, 5.74) is 0.420. The molecule has 1 aromatic rings. The monoisotopic (exact) mass is 339 g/mol. The second-order valence-corrected chi connectivity index (χ2v) is 7.65. The predicted molar refractivity (Wildman–Crippen MR) is 89.9 cm³/mol. The Morgan fingerprint density at radius 2 is 1.74 bits per heavy atom. The van der Waals surface area contributed by atoms with Crippen molar-refractivity contribution in [1.82, 2.24) is 14.1 Å². The lowest BCUT2D eigenvalue weighted by molar-refractivity contribution is 0.0772. The van der Waals surface area contributed by atoms with Crippen LogP contribution in [-0.4, -0.2) is 74.7 Å². The van der Waals surface area contributed by atoms with Crippen molar-refractivity contribution >= 4 is 15.9 Å². The van der Waals surface area contributed by atoms with Crippen molar-refractivity contribution in [3.05, 3.63) is 29.8 Å². The Hall–Kier alpha value is -1.44. The van der Waals surface area contributed by atoms with Gasteiger partial charge in [-0.25, -0.2) is 8.42 Å². The SMILES string of the molecule is CCN(CC)C(=O)c1cccc(S(=O)(=O)N2CCN(C)CC2)c1. The van der Waals surface area contributed by atoms with Crippen molar-refractivity contribution in [1.29, 1.82) is 0 Å². The number of piperazine rings is 1. The standard InChI is InChI=1S/C16H25N3O3S/c1-4-18(5-2)16(20)14-7-6-8-15(13-14)23(21,22)19-11-9-17(3)10-12-19/h6-8,13H,4-5,9-12H2,1-3H3. The van der Waals surface area contributed by atoms with Crippen LogP contribution < -0.4 is 0 Å². The third-order valence-electron chi connectivity index (χ3n) is 4.23. The lowest BCUT2D eigenvalue weighted by atomic mass is 10.2. The minimum atomic E-state index is -3.54.